The summed E-state index contributed by atoms with van der Waals surface area (Å²) >= 11 is 0. The topological polar surface area (TPSA) is 55.1 Å². The van der Waals surface area contributed by atoms with Gasteiger partial charge in [0, 0.05) is 23.7 Å². The van der Waals surface area contributed by atoms with Gasteiger partial charge in [0.15, 0.2) is 0 Å². The van der Waals surface area contributed by atoms with Crippen molar-refractivity contribution in [1.82, 2.24) is 5.32 Å². The van der Waals surface area contributed by atoms with Crippen LogP contribution >= 0.6 is 12.4 Å². The van der Waals surface area contributed by atoms with E-state index in [1.807, 2.05) is 12.1 Å². The van der Waals surface area contributed by atoms with E-state index in [1.54, 1.807) is 24.3 Å². The number of hydrogen-bond donors (Lipinski definition) is 2. The molecule has 3 N–H and O–H groups in total. The highest BCUT2D eigenvalue weighted by atomic mass is 35.5. The van der Waals surface area contributed by atoms with Crippen molar-refractivity contribution in [3.05, 3.63) is 94.8 Å². The average molecular weight is 397 g/mol. The Labute approximate surface area is 170 Å². The van der Waals surface area contributed by atoms with Crippen molar-refractivity contribution in [1.29, 1.82) is 0 Å². The molecule has 1 aliphatic rings. The molecule has 0 atom stereocenters. The lowest BCUT2D eigenvalue weighted by Gasteiger charge is -2.13. The summed E-state index contributed by atoms with van der Waals surface area (Å²) in [5.41, 5.74) is 10.6. The molecule has 3 nitrogen and oxygen atoms in total. The molecular formula is C23H22ClFN2O. The minimum Gasteiger partial charge on any atom is -0.366 e. The van der Waals surface area contributed by atoms with Crippen LogP contribution in [-0.4, -0.2) is 11.9 Å². The molecule has 3 aromatic carbocycles. The predicted molar refractivity (Wildman–Crippen MR) is 112 cm³/mol. The summed E-state index contributed by atoms with van der Waals surface area (Å²) in [6.07, 6.45) is 1.96. The van der Waals surface area contributed by atoms with Crippen molar-refractivity contribution >= 4 is 18.3 Å². The number of amides is 1. The Balaban J connectivity index is 0.00000225. The number of halogens is 2. The molecule has 5 heteroatoms. The molecule has 144 valence electrons. The molecule has 1 aliphatic carbocycles. The van der Waals surface area contributed by atoms with E-state index < -0.39 is 5.91 Å². The molecule has 0 radical (unpaired) electrons. The third kappa shape index (κ3) is 4.24. The Morgan fingerprint density at radius 1 is 0.964 bits per heavy atom. The second kappa shape index (κ2) is 8.55. The van der Waals surface area contributed by atoms with E-state index in [2.05, 4.69) is 29.6 Å². The van der Waals surface area contributed by atoms with Crippen LogP contribution in [0, 0.1) is 5.82 Å². The molecule has 3 aromatic rings. The number of nitrogens with two attached hydrogens (primary N) is 1. The smallest absolute Gasteiger partial charge is 0.248 e. The molecule has 0 fully saturated rings. The summed E-state index contributed by atoms with van der Waals surface area (Å²) in [4.78, 5) is 11.3. The fourth-order valence-corrected chi connectivity index (χ4v) is 3.68. The first-order valence-corrected chi connectivity index (χ1v) is 9.09. The van der Waals surface area contributed by atoms with Gasteiger partial charge in [-0.1, -0.05) is 48.5 Å². The maximum Gasteiger partial charge on any atom is 0.248 e. The molecule has 0 aromatic heterocycles. The zero-order valence-corrected chi connectivity index (χ0v) is 16.1. The van der Waals surface area contributed by atoms with Gasteiger partial charge in [0.05, 0.1) is 0 Å². The number of rotatable bonds is 5. The van der Waals surface area contributed by atoms with E-state index in [9.17, 15) is 9.18 Å². The first-order valence-electron chi connectivity index (χ1n) is 9.09. The maximum absolute atomic E-state index is 14.6. The molecule has 1 amide bonds. The lowest BCUT2D eigenvalue weighted by atomic mass is 10.0. The number of nitrogens with one attached hydrogen (secondary N) is 1. The third-order valence-electron chi connectivity index (χ3n) is 5.17. The van der Waals surface area contributed by atoms with Gasteiger partial charge in [-0.05, 0) is 53.3 Å². The Kier molecular flexibility index (Phi) is 6.12. The van der Waals surface area contributed by atoms with E-state index in [0.717, 1.165) is 24.0 Å². The van der Waals surface area contributed by atoms with Gasteiger partial charge < -0.3 is 11.1 Å². The van der Waals surface area contributed by atoms with E-state index in [1.165, 1.54) is 17.2 Å². The van der Waals surface area contributed by atoms with Crippen LogP contribution in [0.15, 0.2) is 66.7 Å². The van der Waals surface area contributed by atoms with Gasteiger partial charge in [-0.3, -0.25) is 4.79 Å². The van der Waals surface area contributed by atoms with Crippen LogP contribution in [0.4, 0.5) is 4.39 Å². The molecule has 0 saturated carbocycles. The van der Waals surface area contributed by atoms with Crippen LogP contribution in [0.1, 0.15) is 27.0 Å². The summed E-state index contributed by atoms with van der Waals surface area (Å²) in [6.45, 7) is 0.492. The molecule has 4 rings (SSSR count). The van der Waals surface area contributed by atoms with Crippen LogP contribution in [-0.2, 0) is 19.4 Å². The van der Waals surface area contributed by atoms with Crippen molar-refractivity contribution < 1.29 is 9.18 Å². The Morgan fingerprint density at radius 3 is 2.29 bits per heavy atom. The lowest BCUT2D eigenvalue weighted by Crippen LogP contribution is -2.29. The van der Waals surface area contributed by atoms with Crippen LogP contribution < -0.4 is 11.1 Å². The minimum atomic E-state index is -0.490. The number of primary amides is 1. The van der Waals surface area contributed by atoms with Gasteiger partial charge in [-0.25, -0.2) is 4.39 Å². The quantitative estimate of drug-likeness (QED) is 0.676. The fourth-order valence-electron chi connectivity index (χ4n) is 3.68. The first-order chi connectivity index (χ1) is 13.1. The molecule has 28 heavy (non-hydrogen) atoms. The standard InChI is InChI=1S/C23H21FN2O.ClH/c24-22-13-18(15-6-3-7-19(10-15)23(25)27)8-9-20(22)14-26-21-11-16-4-1-2-5-17(16)12-21;/h1-10,13,21,26H,11-12,14H2,(H2,25,27);1H. The highest BCUT2D eigenvalue weighted by Crippen LogP contribution is 2.24. The summed E-state index contributed by atoms with van der Waals surface area (Å²) in [7, 11) is 0. The summed E-state index contributed by atoms with van der Waals surface area (Å²) < 4.78 is 14.6. The Hall–Kier alpha value is -2.69. The van der Waals surface area contributed by atoms with Gasteiger partial charge >= 0.3 is 0 Å². The van der Waals surface area contributed by atoms with Crippen LogP contribution in [0.5, 0.6) is 0 Å². The van der Waals surface area contributed by atoms with E-state index in [0.29, 0.717) is 23.7 Å². The maximum atomic E-state index is 14.6. The van der Waals surface area contributed by atoms with Gasteiger partial charge in [-0.15, -0.1) is 12.4 Å². The molecule has 0 spiro atoms. The lowest BCUT2D eigenvalue weighted by molar-refractivity contribution is 0.100. The van der Waals surface area contributed by atoms with Crippen LogP contribution in [0.2, 0.25) is 0 Å². The first kappa shape index (κ1) is 20.1. The van der Waals surface area contributed by atoms with Gasteiger partial charge in [0.1, 0.15) is 5.82 Å². The molecular weight excluding hydrogens is 375 g/mol. The number of carbonyl (C=O) groups excluding carboxylic acids is 1. The number of fused-ring (bicyclic) bond motifs is 1. The summed E-state index contributed by atoms with van der Waals surface area (Å²) in [5.74, 6) is -0.740. The molecule has 0 aliphatic heterocycles. The highest BCUT2D eigenvalue weighted by Gasteiger charge is 2.20. The van der Waals surface area contributed by atoms with Crippen molar-refractivity contribution in [2.24, 2.45) is 5.73 Å². The normalized spacial score (nSPS) is 13.0. The van der Waals surface area contributed by atoms with Crippen LogP contribution in [0.3, 0.4) is 0 Å². The average Bonchev–Trinajstić information content (AvgIpc) is 3.10. The molecule has 0 saturated heterocycles. The van der Waals surface area contributed by atoms with Gasteiger partial charge in [0.25, 0.3) is 0 Å². The number of carbonyl (C=O) groups is 1. The Bertz CT molecular complexity index is 980. The SMILES string of the molecule is Cl.NC(=O)c1cccc(-c2ccc(CNC3Cc4ccccc4C3)c(F)c2)c1. The number of hydrogen-bond acceptors (Lipinski definition) is 2. The molecule has 0 heterocycles. The monoisotopic (exact) mass is 396 g/mol. The fraction of sp³-hybridized carbons (Fsp3) is 0.174. The predicted octanol–water partition coefficient (Wildman–Crippen LogP) is 4.27. The van der Waals surface area contributed by atoms with Crippen molar-refractivity contribution in [3.8, 4) is 11.1 Å². The third-order valence-corrected chi connectivity index (χ3v) is 5.17. The van der Waals surface area contributed by atoms with E-state index in [-0.39, 0.29) is 18.2 Å². The van der Waals surface area contributed by atoms with Crippen molar-refractivity contribution in [2.75, 3.05) is 0 Å². The van der Waals surface area contributed by atoms with Crippen LogP contribution in [0.25, 0.3) is 11.1 Å². The van der Waals surface area contributed by atoms with E-state index >= 15 is 0 Å². The zero-order valence-electron chi connectivity index (χ0n) is 15.3. The number of benzene rings is 3. The largest absolute Gasteiger partial charge is 0.366 e. The van der Waals surface area contributed by atoms with Crippen molar-refractivity contribution in [3.63, 3.8) is 0 Å². The minimum absolute atomic E-state index is 0. The molecule has 0 bridgehead atoms. The highest BCUT2D eigenvalue weighted by molar-refractivity contribution is 5.94. The van der Waals surface area contributed by atoms with Crippen molar-refractivity contribution in [2.45, 2.75) is 25.4 Å². The van der Waals surface area contributed by atoms with Gasteiger partial charge in [-0.2, -0.15) is 0 Å². The zero-order chi connectivity index (χ0) is 18.8. The molecule has 0 unspecified atom stereocenters. The van der Waals surface area contributed by atoms with Gasteiger partial charge in [0.2, 0.25) is 5.91 Å². The summed E-state index contributed by atoms with van der Waals surface area (Å²) in [5, 5.41) is 3.47. The van der Waals surface area contributed by atoms with E-state index in [4.69, 9.17) is 5.73 Å². The summed E-state index contributed by atoms with van der Waals surface area (Å²) in [6, 6.07) is 20.9. The second-order valence-electron chi connectivity index (χ2n) is 7.01. The second-order valence-corrected chi connectivity index (χ2v) is 7.01. The Morgan fingerprint density at radius 2 is 1.64 bits per heavy atom.